The molecule has 0 fully saturated rings. The van der Waals surface area contributed by atoms with Gasteiger partial charge in [0.05, 0.1) is 25.4 Å². The molecular weight excluding hydrogens is 210 g/mol. The molecule has 5 heteroatoms. The number of amides is 1. The Hall–Kier alpha value is -1.07. The van der Waals surface area contributed by atoms with Gasteiger partial charge in [-0.15, -0.1) is 0 Å². The molecule has 0 aromatic heterocycles. The van der Waals surface area contributed by atoms with Crippen LogP contribution in [0, 0.1) is 0 Å². The highest BCUT2D eigenvalue weighted by Gasteiger charge is 2.25. The van der Waals surface area contributed by atoms with Crippen molar-refractivity contribution in [3.05, 3.63) is 12.2 Å². The van der Waals surface area contributed by atoms with Crippen LogP contribution in [0.15, 0.2) is 12.2 Å². The van der Waals surface area contributed by atoms with E-state index in [1.165, 1.54) is 0 Å². The third kappa shape index (κ3) is 4.20. The Morgan fingerprint density at radius 3 is 2.81 bits per heavy atom. The maximum absolute atomic E-state index is 11.5. The summed E-state index contributed by atoms with van der Waals surface area (Å²) >= 11 is 0. The molecule has 2 N–H and O–H groups in total. The van der Waals surface area contributed by atoms with Crippen LogP contribution in [0.1, 0.15) is 20.8 Å². The summed E-state index contributed by atoms with van der Waals surface area (Å²) in [5, 5.41) is 11.7. The second-order valence-corrected chi connectivity index (χ2v) is 4.66. The Morgan fingerprint density at radius 1 is 1.69 bits per heavy atom. The van der Waals surface area contributed by atoms with E-state index in [1.807, 2.05) is 12.2 Å². The lowest BCUT2D eigenvalue weighted by molar-refractivity contribution is 0.0327. The molecule has 0 aromatic carbocycles. The van der Waals surface area contributed by atoms with Gasteiger partial charge < -0.3 is 19.9 Å². The first-order chi connectivity index (χ1) is 7.42. The molecule has 16 heavy (non-hydrogen) atoms. The van der Waals surface area contributed by atoms with Crippen molar-refractivity contribution in [3.8, 4) is 0 Å². The number of hydrogen-bond donors (Lipinski definition) is 2. The van der Waals surface area contributed by atoms with Crippen LogP contribution in [-0.4, -0.2) is 42.2 Å². The van der Waals surface area contributed by atoms with Gasteiger partial charge in [0, 0.05) is 0 Å². The molecule has 0 aliphatic carbocycles. The van der Waals surface area contributed by atoms with Crippen LogP contribution >= 0.6 is 0 Å². The number of ether oxygens (including phenoxy) is 2. The van der Waals surface area contributed by atoms with Gasteiger partial charge in [0.25, 0.3) is 0 Å². The van der Waals surface area contributed by atoms with Gasteiger partial charge in [-0.1, -0.05) is 12.2 Å². The van der Waals surface area contributed by atoms with Crippen molar-refractivity contribution in [1.82, 2.24) is 5.32 Å². The van der Waals surface area contributed by atoms with E-state index < -0.39 is 17.7 Å². The summed E-state index contributed by atoms with van der Waals surface area (Å²) in [6, 6.07) is -0.464. The number of rotatable bonds is 3. The Balaban J connectivity index is 2.44. The normalized spacial score (nSPS) is 21.9. The van der Waals surface area contributed by atoms with Crippen molar-refractivity contribution >= 4 is 6.09 Å². The smallest absolute Gasteiger partial charge is 0.408 e. The van der Waals surface area contributed by atoms with Gasteiger partial charge in [-0.3, -0.25) is 0 Å². The van der Waals surface area contributed by atoms with Crippen LogP contribution in [0.3, 0.4) is 0 Å². The topological polar surface area (TPSA) is 67.8 Å². The molecule has 92 valence electrons. The lowest BCUT2D eigenvalue weighted by Crippen LogP contribution is -2.47. The third-order valence-corrected chi connectivity index (χ3v) is 2.01. The van der Waals surface area contributed by atoms with E-state index in [0.29, 0.717) is 6.61 Å². The lowest BCUT2D eigenvalue weighted by atomic mass is 10.1. The van der Waals surface area contributed by atoms with E-state index >= 15 is 0 Å². The minimum atomic E-state index is -0.546. The average molecular weight is 229 g/mol. The maximum Gasteiger partial charge on any atom is 0.408 e. The molecule has 0 unspecified atom stereocenters. The largest absolute Gasteiger partial charge is 0.444 e. The molecule has 5 nitrogen and oxygen atoms in total. The summed E-state index contributed by atoms with van der Waals surface area (Å²) in [7, 11) is 0. The minimum absolute atomic E-state index is 0.186. The van der Waals surface area contributed by atoms with Crippen molar-refractivity contribution in [2.45, 2.75) is 38.5 Å². The summed E-state index contributed by atoms with van der Waals surface area (Å²) in [6.45, 7) is 5.68. The summed E-state index contributed by atoms with van der Waals surface area (Å²) < 4.78 is 10.4. The van der Waals surface area contributed by atoms with Crippen LogP contribution in [0.25, 0.3) is 0 Å². The number of carbonyl (C=O) groups excluding carboxylic acids is 1. The number of aliphatic hydroxyl groups is 1. The van der Waals surface area contributed by atoms with Crippen molar-refractivity contribution in [1.29, 1.82) is 0 Å². The third-order valence-electron chi connectivity index (χ3n) is 2.01. The van der Waals surface area contributed by atoms with E-state index in [0.717, 1.165) is 0 Å². The zero-order valence-electron chi connectivity index (χ0n) is 9.90. The number of aliphatic hydroxyl groups excluding tert-OH is 1. The van der Waals surface area contributed by atoms with Crippen LogP contribution in [0.5, 0.6) is 0 Å². The van der Waals surface area contributed by atoms with Crippen molar-refractivity contribution < 1.29 is 19.4 Å². The average Bonchev–Trinajstić information content (AvgIpc) is 2.63. The predicted molar refractivity (Wildman–Crippen MR) is 59.1 cm³/mol. The Morgan fingerprint density at radius 2 is 2.38 bits per heavy atom. The molecule has 0 radical (unpaired) electrons. The Labute approximate surface area is 95.4 Å². The van der Waals surface area contributed by atoms with Gasteiger partial charge in [-0.25, -0.2) is 4.79 Å². The summed E-state index contributed by atoms with van der Waals surface area (Å²) in [5.41, 5.74) is -0.545. The number of carbonyl (C=O) groups is 1. The first-order valence-corrected chi connectivity index (χ1v) is 5.31. The first kappa shape index (κ1) is 13.0. The summed E-state index contributed by atoms with van der Waals surface area (Å²) in [5.74, 6) is 0. The molecule has 1 heterocycles. The number of hydrogen-bond acceptors (Lipinski definition) is 4. The van der Waals surface area contributed by atoms with Crippen LogP contribution < -0.4 is 5.32 Å². The molecule has 0 spiro atoms. The zero-order chi connectivity index (χ0) is 12.2. The standard InChI is InChI=1S/C11H19NO4/c1-11(2,3)16-10(14)12-8(7-13)9-5-4-6-15-9/h4-5,8-9,13H,6-7H2,1-3H3,(H,12,14)/t8-,9+/m0/s1. The summed E-state index contributed by atoms with van der Waals surface area (Å²) in [6.07, 6.45) is 2.84. The Kier molecular flexibility index (Phi) is 4.32. The molecule has 0 bridgehead atoms. The number of nitrogens with one attached hydrogen (secondary N) is 1. The van der Waals surface area contributed by atoms with E-state index in [1.54, 1.807) is 20.8 Å². The molecule has 0 saturated carbocycles. The molecule has 1 aliphatic rings. The van der Waals surface area contributed by atoms with Crippen molar-refractivity contribution in [2.24, 2.45) is 0 Å². The van der Waals surface area contributed by atoms with Gasteiger partial charge in [0.15, 0.2) is 0 Å². The van der Waals surface area contributed by atoms with Crippen LogP contribution in [0.4, 0.5) is 4.79 Å². The van der Waals surface area contributed by atoms with Gasteiger partial charge in [-0.05, 0) is 20.8 Å². The maximum atomic E-state index is 11.5. The van der Waals surface area contributed by atoms with Crippen LogP contribution in [-0.2, 0) is 9.47 Å². The molecule has 1 rings (SSSR count). The molecule has 0 saturated heterocycles. The fraction of sp³-hybridized carbons (Fsp3) is 0.727. The van der Waals surface area contributed by atoms with Crippen molar-refractivity contribution in [2.75, 3.05) is 13.2 Å². The van der Waals surface area contributed by atoms with Gasteiger partial charge in [0.1, 0.15) is 5.60 Å². The molecule has 0 aromatic rings. The Bertz CT molecular complexity index is 270. The van der Waals surface area contributed by atoms with Crippen LogP contribution in [0.2, 0.25) is 0 Å². The number of alkyl carbamates (subject to hydrolysis) is 1. The van der Waals surface area contributed by atoms with Gasteiger partial charge >= 0.3 is 6.09 Å². The van der Waals surface area contributed by atoms with Gasteiger partial charge in [-0.2, -0.15) is 0 Å². The van der Waals surface area contributed by atoms with E-state index in [2.05, 4.69) is 5.32 Å². The van der Waals surface area contributed by atoms with Crippen molar-refractivity contribution in [3.63, 3.8) is 0 Å². The predicted octanol–water partition coefficient (Wildman–Crippen LogP) is 0.827. The summed E-state index contributed by atoms with van der Waals surface area (Å²) in [4.78, 5) is 11.5. The van der Waals surface area contributed by atoms with E-state index in [9.17, 15) is 4.79 Å². The molecular formula is C11H19NO4. The minimum Gasteiger partial charge on any atom is -0.444 e. The first-order valence-electron chi connectivity index (χ1n) is 5.31. The lowest BCUT2D eigenvalue weighted by Gasteiger charge is -2.25. The molecule has 1 amide bonds. The quantitative estimate of drug-likeness (QED) is 0.703. The van der Waals surface area contributed by atoms with Gasteiger partial charge in [0.2, 0.25) is 0 Å². The second kappa shape index (κ2) is 5.32. The fourth-order valence-corrected chi connectivity index (χ4v) is 1.35. The fourth-order valence-electron chi connectivity index (χ4n) is 1.35. The zero-order valence-corrected chi connectivity index (χ0v) is 9.90. The second-order valence-electron chi connectivity index (χ2n) is 4.66. The SMILES string of the molecule is CC(C)(C)OC(=O)N[C@@H](CO)[C@H]1C=CCO1. The van der Waals surface area contributed by atoms with E-state index in [-0.39, 0.29) is 12.7 Å². The molecule has 1 aliphatic heterocycles. The van der Waals surface area contributed by atoms with E-state index in [4.69, 9.17) is 14.6 Å². The molecule has 2 atom stereocenters. The monoisotopic (exact) mass is 229 g/mol. The highest BCUT2D eigenvalue weighted by atomic mass is 16.6. The highest BCUT2D eigenvalue weighted by Crippen LogP contribution is 2.10. The highest BCUT2D eigenvalue weighted by molar-refractivity contribution is 5.68.